The number of hydrogen-bond donors (Lipinski definition) is 0. The van der Waals surface area contributed by atoms with Crippen molar-refractivity contribution in [2.45, 2.75) is 19.3 Å². The molecule has 0 saturated carbocycles. The largest absolute Gasteiger partial charge is 0.453 e. The third kappa shape index (κ3) is 4.62. The quantitative estimate of drug-likeness (QED) is 0.175. The summed E-state index contributed by atoms with van der Waals surface area (Å²) in [4.78, 5) is 2.43. The highest BCUT2D eigenvalue weighted by Crippen LogP contribution is 2.55. The Kier molecular flexibility index (Phi) is 6.98. The van der Waals surface area contributed by atoms with Gasteiger partial charge in [-0.2, -0.15) is 0 Å². The molecular formula is C55H38N2O. The highest BCUT2D eigenvalue weighted by Gasteiger charge is 2.38. The van der Waals surface area contributed by atoms with Gasteiger partial charge in [-0.25, -0.2) is 0 Å². The first-order valence-corrected chi connectivity index (χ1v) is 20.1. The van der Waals surface area contributed by atoms with Crippen molar-refractivity contribution in [1.29, 1.82) is 0 Å². The van der Waals surface area contributed by atoms with Crippen molar-refractivity contribution in [3.05, 3.63) is 205 Å². The Morgan fingerprint density at radius 1 is 0.466 bits per heavy atom. The second-order valence-electron chi connectivity index (χ2n) is 16.1. The van der Waals surface area contributed by atoms with Crippen LogP contribution in [0.5, 0.6) is 0 Å². The van der Waals surface area contributed by atoms with E-state index in [2.05, 4.69) is 217 Å². The Balaban J connectivity index is 1.14. The number of para-hydroxylation sites is 3. The fraction of sp³-hybridized carbons (Fsp3) is 0.0545. The molecule has 0 unspecified atom stereocenters. The third-order valence-electron chi connectivity index (χ3n) is 12.6. The summed E-state index contributed by atoms with van der Waals surface area (Å²) in [6.45, 7) is 4.70. The number of benzene rings is 9. The summed E-state index contributed by atoms with van der Waals surface area (Å²) in [5.41, 5.74) is 15.7. The van der Waals surface area contributed by atoms with Crippen molar-refractivity contribution < 1.29 is 4.42 Å². The van der Waals surface area contributed by atoms with E-state index in [1.807, 2.05) is 0 Å². The lowest BCUT2D eigenvalue weighted by Crippen LogP contribution is -2.16. The van der Waals surface area contributed by atoms with Gasteiger partial charge < -0.3 is 13.9 Å². The smallest absolute Gasteiger partial charge is 0.159 e. The van der Waals surface area contributed by atoms with E-state index in [0.717, 1.165) is 55.8 Å². The van der Waals surface area contributed by atoms with E-state index in [1.54, 1.807) is 0 Å². The fourth-order valence-corrected chi connectivity index (χ4v) is 9.92. The molecule has 0 amide bonds. The molecule has 1 aliphatic carbocycles. The van der Waals surface area contributed by atoms with Crippen molar-refractivity contribution in [2.75, 3.05) is 4.90 Å². The average Bonchev–Trinajstić information content (AvgIpc) is 3.91. The minimum Gasteiger partial charge on any atom is -0.453 e. The average molecular weight is 743 g/mol. The highest BCUT2D eigenvalue weighted by molar-refractivity contribution is 6.24. The van der Waals surface area contributed by atoms with Crippen molar-refractivity contribution in [2.24, 2.45) is 0 Å². The lowest BCUT2D eigenvalue weighted by atomic mass is 9.82. The molecule has 0 aliphatic heterocycles. The molecule has 0 atom stereocenters. The van der Waals surface area contributed by atoms with Gasteiger partial charge in [0.1, 0.15) is 5.58 Å². The standard InChI is InChI=1S/C55H38N2O/c1-55(2)45-24-11-8-22-42(45)52-46(55)25-15-28-49(52)57(38-32-30-37(31-33-38)56-47-26-12-9-20-40(47)41-21-10-13-27-48(41)56)50-29-14-23-43-51-39-19-7-6-18-36(39)34-44(54(51)58-53(43)50)35-16-4-3-5-17-35/h3-34H,1-2H3. The van der Waals surface area contributed by atoms with E-state index in [9.17, 15) is 0 Å². The summed E-state index contributed by atoms with van der Waals surface area (Å²) in [6, 6.07) is 70.4. The summed E-state index contributed by atoms with van der Waals surface area (Å²) in [5.74, 6) is 0. The molecule has 274 valence electrons. The summed E-state index contributed by atoms with van der Waals surface area (Å²) in [7, 11) is 0. The van der Waals surface area contributed by atoms with Crippen molar-refractivity contribution >= 4 is 71.6 Å². The molecule has 11 aromatic rings. The summed E-state index contributed by atoms with van der Waals surface area (Å²) in [6.07, 6.45) is 0. The van der Waals surface area contributed by atoms with E-state index in [0.29, 0.717) is 0 Å². The number of nitrogens with zero attached hydrogens (tertiary/aromatic N) is 2. The first-order valence-electron chi connectivity index (χ1n) is 20.1. The molecule has 2 aromatic heterocycles. The van der Waals surface area contributed by atoms with E-state index in [1.165, 1.54) is 54.8 Å². The van der Waals surface area contributed by atoms with Crippen molar-refractivity contribution in [3.8, 4) is 27.9 Å². The van der Waals surface area contributed by atoms with Gasteiger partial charge in [0.15, 0.2) is 5.58 Å². The topological polar surface area (TPSA) is 21.3 Å². The second-order valence-corrected chi connectivity index (χ2v) is 16.1. The van der Waals surface area contributed by atoms with Crippen LogP contribution in [0, 0.1) is 0 Å². The van der Waals surface area contributed by atoms with Crippen molar-refractivity contribution in [3.63, 3.8) is 0 Å². The zero-order valence-corrected chi connectivity index (χ0v) is 32.3. The molecular weight excluding hydrogens is 705 g/mol. The fourth-order valence-electron chi connectivity index (χ4n) is 9.92. The first-order chi connectivity index (χ1) is 28.6. The SMILES string of the molecule is CC1(C)c2ccccc2-c2c(N(c3ccc(-n4c5ccccc5c5ccccc54)cc3)c3cccc4c3oc3c(-c5ccccc5)cc5ccccc5c34)cccc21. The lowest BCUT2D eigenvalue weighted by molar-refractivity contribution is 0.660. The van der Waals surface area contributed by atoms with Crippen LogP contribution in [-0.2, 0) is 5.41 Å². The summed E-state index contributed by atoms with van der Waals surface area (Å²) in [5, 5.41) is 7.13. The van der Waals surface area contributed by atoms with Crippen LogP contribution in [0.4, 0.5) is 17.1 Å². The van der Waals surface area contributed by atoms with Gasteiger partial charge >= 0.3 is 0 Å². The maximum atomic E-state index is 7.26. The van der Waals surface area contributed by atoms with Gasteiger partial charge in [-0.05, 0) is 87.6 Å². The van der Waals surface area contributed by atoms with Crippen LogP contribution in [0.1, 0.15) is 25.0 Å². The van der Waals surface area contributed by atoms with Crippen LogP contribution in [0.15, 0.2) is 199 Å². The lowest BCUT2D eigenvalue weighted by Gasteiger charge is -2.29. The Labute approximate surface area is 336 Å². The van der Waals surface area contributed by atoms with Gasteiger partial charge in [-0.1, -0.05) is 153 Å². The molecule has 2 heterocycles. The maximum absolute atomic E-state index is 7.26. The maximum Gasteiger partial charge on any atom is 0.159 e. The van der Waals surface area contributed by atoms with Gasteiger partial charge in [0.25, 0.3) is 0 Å². The molecule has 58 heavy (non-hydrogen) atoms. The van der Waals surface area contributed by atoms with Crippen LogP contribution in [0.2, 0.25) is 0 Å². The Morgan fingerprint density at radius 3 is 1.84 bits per heavy atom. The molecule has 12 rings (SSSR count). The van der Waals surface area contributed by atoms with Gasteiger partial charge in [-0.3, -0.25) is 0 Å². The number of aromatic nitrogens is 1. The Hall–Kier alpha value is -7.36. The molecule has 0 spiro atoms. The van der Waals surface area contributed by atoms with Crippen LogP contribution < -0.4 is 4.90 Å². The number of furan rings is 1. The molecule has 9 aromatic carbocycles. The van der Waals surface area contributed by atoms with E-state index < -0.39 is 0 Å². The number of rotatable bonds is 5. The van der Waals surface area contributed by atoms with Crippen LogP contribution >= 0.6 is 0 Å². The first kappa shape index (κ1) is 32.8. The minimum absolute atomic E-state index is 0.150. The molecule has 1 aliphatic rings. The van der Waals surface area contributed by atoms with Gasteiger partial charge in [0.05, 0.1) is 22.4 Å². The molecule has 0 saturated heterocycles. The van der Waals surface area contributed by atoms with Gasteiger partial charge in [-0.15, -0.1) is 0 Å². The summed E-state index contributed by atoms with van der Waals surface area (Å²) < 4.78 is 9.65. The molecule has 0 fully saturated rings. The highest BCUT2D eigenvalue weighted by atomic mass is 16.3. The second kappa shape index (κ2) is 12.3. The zero-order chi connectivity index (χ0) is 38.5. The summed E-state index contributed by atoms with van der Waals surface area (Å²) >= 11 is 0. The molecule has 0 bridgehead atoms. The van der Waals surface area contributed by atoms with Gasteiger partial charge in [0.2, 0.25) is 0 Å². The number of fused-ring (bicyclic) bond motifs is 11. The number of anilines is 3. The molecule has 3 nitrogen and oxygen atoms in total. The third-order valence-corrected chi connectivity index (χ3v) is 12.6. The number of hydrogen-bond acceptors (Lipinski definition) is 2. The van der Waals surface area contributed by atoms with E-state index >= 15 is 0 Å². The minimum atomic E-state index is -0.150. The van der Waals surface area contributed by atoms with Crippen LogP contribution in [0.3, 0.4) is 0 Å². The van der Waals surface area contributed by atoms with Crippen LogP contribution in [0.25, 0.3) is 82.5 Å². The predicted molar refractivity (Wildman–Crippen MR) is 243 cm³/mol. The zero-order valence-electron chi connectivity index (χ0n) is 32.3. The van der Waals surface area contributed by atoms with E-state index in [-0.39, 0.29) is 5.41 Å². The normalized spacial score (nSPS) is 13.1. The molecule has 0 radical (unpaired) electrons. The van der Waals surface area contributed by atoms with Crippen LogP contribution in [-0.4, -0.2) is 4.57 Å². The Bertz CT molecular complexity index is 3370. The molecule has 0 N–H and O–H groups in total. The van der Waals surface area contributed by atoms with E-state index in [4.69, 9.17) is 4.42 Å². The van der Waals surface area contributed by atoms with Gasteiger partial charge in [0, 0.05) is 49.5 Å². The Morgan fingerprint density at radius 2 is 1.07 bits per heavy atom. The molecule has 3 heteroatoms. The van der Waals surface area contributed by atoms with Crippen molar-refractivity contribution in [1.82, 2.24) is 4.57 Å². The monoisotopic (exact) mass is 742 g/mol. The predicted octanol–water partition coefficient (Wildman–Crippen LogP) is 15.3.